The van der Waals surface area contributed by atoms with E-state index in [1.807, 2.05) is 68.5 Å². The Morgan fingerprint density at radius 1 is 1.18 bits per heavy atom. The van der Waals surface area contributed by atoms with Crippen molar-refractivity contribution in [3.05, 3.63) is 97.8 Å². The smallest absolute Gasteiger partial charge is 0.256 e. The molecule has 4 heterocycles. The van der Waals surface area contributed by atoms with Crippen LogP contribution in [0.15, 0.2) is 70.0 Å². The molecule has 0 fully saturated rings. The SMILES string of the molecule is CCc1oc2cccc(C#Cc3cnc(C)s3)c2c(=O)c1-c1ccccc1.NC(=O)c1c(N)nn2c1NCC=C2. The predicted molar refractivity (Wildman–Crippen MR) is 159 cm³/mol. The number of nitrogens with two attached hydrogens (primary N) is 2. The monoisotopic (exact) mass is 550 g/mol. The fourth-order valence-corrected chi connectivity index (χ4v) is 5.00. The molecule has 2 aromatic carbocycles. The minimum Gasteiger partial charge on any atom is -0.460 e. The number of primary amides is 1. The van der Waals surface area contributed by atoms with Gasteiger partial charge in [0.25, 0.3) is 5.91 Å². The zero-order chi connectivity index (χ0) is 28.2. The first kappa shape index (κ1) is 26.5. The predicted octanol–water partition coefficient (Wildman–Crippen LogP) is 4.65. The lowest BCUT2D eigenvalue weighted by molar-refractivity contribution is 0.100. The zero-order valence-electron chi connectivity index (χ0n) is 21.9. The molecule has 0 bridgehead atoms. The van der Waals surface area contributed by atoms with E-state index < -0.39 is 5.91 Å². The summed E-state index contributed by atoms with van der Waals surface area (Å²) in [5, 5.41) is 8.38. The van der Waals surface area contributed by atoms with Crippen LogP contribution in [0.4, 0.5) is 11.6 Å². The molecule has 0 atom stereocenters. The van der Waals surface area contributed by atoms with Crippen LogP contribution in [0.25, 0.3) is 28.3 Å². The van der Waals surface area contributed by atoms with E-state index >= 15 is 0 Å². The molecule has 0 saturated heterocycles. The molecule has 0 aliphatic carbocycles. The highest BCUT2D eigenvalue weighted by Crippen LogP contribution is 2.27. The second-order valence-corrected chi connectivity index (χ2v) is 10.0. The highest BCUT2D eigenvalue weighted by Gasteiger charge is 2.20. The molecule has 0 radical (unpaired) electrons. The molecule has 1 aliphatic rings. The average molecular weight is 551 g/mol. The first-order valence-corrected chi connectivity index (χ1v) is 13.4. The quantitative estimate of drug-likeness (QED) is 0.278. The Labute approximate surface area is 234 Å². The standard InChI is InChI=1S/C23H17NO2S.C7H9N5O/c1-3-19-21(16-8-5-4-6-9-16)23(25)22-17(10-7-11-20(22)26-19)12-13-18-14-24-15(2)27-18;8-5-4(6(9)13)7-10-2-1-3-12(7)11-5/h4-11,14H,3H2,1-2H3;1,3,10H,2H2,(H2,8,11)(H2,9,13). The van der Waals surface area contributed by atoms with Gasteiger partial charge in [0, 0.05) is 24.7 Å². The van der Waals surface area contributed by atoms with Crippen LogP contribution in [0.5, 0.6) is 0 Å². The van der Waals surface area contributed by atoms with Crippen LogP contribution >= 0.6 is 11.3 Å². The van der Waals surface area contributed by atoms with E-state index in [0.717, 1.165) is 15.4 Å². The van der Waals surface area contributed by atoms with E-state index in [2.05, 4.69) is 27.2 Å². The molecule has 9 nitrogen and oxygen atoms in total. The van der Waals surface area contributed by atoms with Crippen molar-refractivity contribution in [2.75, 3.05) is 17.6 Å². The summed E-state index contributed by atoms with van der Waals surface area (Å²) in [5.74, 6) is 7.09. The summed E-state index contributed by atoms with van der Waals surface area (Å²) in [6.07, 6.45) is 6.00. The van der Waals surface area contributed by atoms with E-state index in [1.54, 1.807) is 12.4 Å². The number of hydrogen-bond donors (Lipinski definition) is 3. The minimum atomic E-state index is -0.568. The zero-order valence-corrected chi connectivity index (χ0v) is 22.7. The Kier molecular flexibility index (Phi) is 7.48. The van der Waals surface area contributed by atoms with Gasteiger partial charge in [0.2, 0.25) is 5.43 Å². The Hall–Kier alpha value is -5.14. The highest BCUT2D eigenvalue weighted by molar-refractivity contribution is 7.12. The molecular weight excluding hydrogens is 524 g/mol. The van der Waals surface area contributed by atoms with Gasteiger partial charge in [-0.05, 0) is 36.6 Å². The van der Waals surface area contributed by atoms with Gasteiger partial charge >= 0.3 is 0 Å². The molecule has 1 amide bonds. The number of carbonyl (C=O) groups excluding carboxylic acids is 1. The number of fused-ring (bicyclic) bond motifs is 2. The maximum absolute atomic E-state index is 13.4. The lowest BCUT2D eigenvalue weighted by atomic mass is 9.99. The van der Waals surface area contributed by atoms with E-state index in [9.17, 15) is 9.59 Å². The maximum Gasteiger partial charge on any atom is 0.256 e. The van der Waals surface area contributed by atoms with Crippen LogP contribution in [0, 0.1) is 18.8 Å². The molecule has 5 aromatic rings. The van der Waals surface area contributed by atoms with Crippen molar-refractivity contribution in [1.29, 1.82) is 0 Å². The van der Waals surface area contributed by atoms with Crippen molar-refractivity contribution in [1.82, 2.24) is 14.8 Å². The van der Waals surface area contributed by atoms with Crippen LogP contribution in [0.3, 0.4) is 0 Å². The Balaban J connectivity index is 0.000000207. The van der Waals surface area contributed by atoms with Crippen molar-refractivity contribution >= 4 is 46.0 Å². The second-order valence-electron chi connectivity index (χ2n) is 8.80. The Morgan fingerprint density at radius 3 is 2.67 bits per heavy atom. The third-order valence-electron chi connectivity index (χ3n) is 6.14. The van der Waals surface area contributed by atoms with Crippen molar-refractivity contribution in [2.45, 2.75) is 20.3 Å². The molecule has 0 saturated carbocycles. The van der Waals surface area contributed by atoms with Crippen LogP contribution in [-0.4, -0.2) is 27.2 Å². The summed E-state index contributed by atoms with van der Waals surface area (Å²) in [4.78, 5) is 29.5. The molecule has 5 N–H and O–H groups in total. The van der Waals surface area contributed by atoms with Gasteiger partial charge in [0.1, 0.15) is 22.7 Å². The number of anilines is 2. The molecule has 0 spiro atoms. The lowest BCUT2D eigenvalue weighted by Crippen LogP contribution is -2.17. The summed E-state index contributed by atoms with van der Waals surface area (Å²) in [6, 6.07) is 15.2. The van der Waals surface area contributed by atoms with Crippen LogP contribution in [0.2, 0.25) is 0 Å². The fourth-order valence-electron chi connectivity index (χ4n) is 4.36. The number of nitrogens with zero attached hydrogens (tertiary/aromatic N) is 3. The molecular formula is C30H26N6O3S. The summed E-state index contributed by atoms with van der Waals surface area (Å²) in [7, 11) is 0. The second kappa shape index (κ2) is 11.3. The molecule has 200 valence electrons. The summed E-state index contributed by atoms with van der Waals surface area (Å²) >= 11 is 1.54. The van der Waals surface area contributed by atoms with Gasteiger partial charge < -0.3 is 21.2 Å². The molecule has 6 rings (SSSR count). The van der Waals surface area contributed by atoms with E-state index in [1.165, 1.54) is 16.0 Å². The first-order valence-electron chi connectivity index (χ1n) is 12.5. The van der Waals surface area contributed by atoms with Gasteiger partial charge in [0.05, 0.1) is 27.0 Å². The number of carbonyl (C=O) groups is 1. The number of aromatic nitrogens is 3. The van der Waals surface area contributed by atoms with Crippen molar-refractivity contribution < 1.29 is 9.21 Å². The van der Waals surface area contributed by atoms with Gasteiger partial charge in [-0.3, -0.25) is 9.59 Å². The molecule has 0 unspecified atom stereocenters. The lowest BCUT2D eigenvalue weighted by Gasteiger charge is -2.09. The minimum absolute atomic E-state index is 0.0373. The van der Waals surface area contributed by atoms with Crippen molar-refractivity contribution in [3.8, 4) is 23.0 Å². The first-order chi connectivity index (χ1) is 19.4. The maximum atomic E-state index is 13.4. The number of nitrogens with one attached hydrogen (secondary N) is 1. The van der Waals surface area contributed by atoms with Crippen molar-refractivity contribution in [2.24, 2.45) is 5.73 Å². The topological polar surface area (TPSA) is 142 Å². The number of hydrogen-bond acceptors (Lipinski definition) is 8. The van der Waals surface area contributed by atoms with Gasteiger partial charge in [0.15, 0.2) is 5.82 Å². The Morgan fingerprint density at radius 2 is 1.98 bits per heavy atom. The molecule has 10 heteroatoms. The van der Waals surface area contributed by atoms with Crippen LogP contribution < -0.4 is 22.2 Å². The fraction of sp³-hybridized carbons (Fsp3) is 0.133. The third kappa shape index (κ3) is 5.23. The van der Waals surface area contributed by atoms with Gasteiger partial charge in [-0.25, -0.2) is 9.67 Å². The van der Waals surface area contributed by atoms with E-state index in [-0.39, 0.29) is 16.8 Å². The number of benzene rings is 2. The Bertz CT molecular complexity index is 1870. The average Bonchev–Trinajstić information content (AvgIpc) is 3.53. The van der Waals surface area contributed by atoms with E-state index in [4.69, 9.17) is 15.9 Å². The normalized spacial score (nSPS) is 11.6. The highest BCUT2D eigenvalue weighted by atomic mass is 32.1. The number of thiazole rings is 1. The third-order valence-corrected chi connectivity index (χ3v) is 6.96. The van der Waals surface area contributed by atoms with Crippen LogP contribution in [-0.2, 0) is 6.42 Å². The van der Waals surface area contributed by atoms with Gasteiger partial charge in [-0.2, -0.15) is 0 Å². The molecule has 1 aliphatic heterocycles. The van der Waals surface area contributed by atoms with Gasteiger partial charge in [-0.1, -0.05) is 49.2 Å². The number of aryl methyl sites for hydroxylation is 2. The van der Waals surface area contributed by atoms with Crippen LogP contribution in [0.1, 0.15) is 38.5 Å². The largest absolute Gasteiger partial charge is 0.460 e. The molecule has 40 heavy (non-hydrogen) atoms. The number of nitrogen functional groups attached to an aromatic ring is 1. The van der Waals surface area contributed by atoms with E-state index in [0.29, 0.717) is 46.6 Å². The number of amides is 1. The summed E-state index contributed by atoms with van der Waals surface area (Å²) in [5.41, 5.74) is 13.6. The van der Waals surface area contributed by atoms with Gasteiger partial charge in [-0.15, -0.1) is 16.4 Å². The molecule has 3 aromatic heterocycles. The van der Waals surface area contributed by atoms with Crippen molar-refractivity contribution in [3.63, 3.8) is 0 Å². The number of rotatable bonds is 3. The summed E-state index contributed by atoms with van der Waals surface area (Å²) in [6.45, 7) is 4.58. The summed E-state index contributed by atoms with van der Waals surface area (Å²) < 4.78 is 7.60.